The average Bonchev–Trinajstić information content (AvgIpc) is 3.57. The van der Waals surface area contributed by atoms with E-state index in [0.29, 0.717) is 0 Å². The highest BCUT2D eigenvalue weighted by atomic mass is 15.1. The molecule has 1 heteroatoms. The van der Waals surface area contributed by atoms with Crippen molar-refractivity contribution < 1.29 is 0 Å². The molecule has 0 aromatic heterocycles. The normalized spacial score (nSPS) is 12.8. The Kier molecular flexibility index (Phi) is 8.71. The summed E-state index contributed by atoms with van der Waals surface area (Å²) in [5.74, 6) is 0. The van der Waals surface area contributed by atoms with E-state index < -0.39 is 0 Å². The molecule has 12 rings (SSSR count). The molecule has 0 radical (unpaired) electrons. The maximum absolute atomic E-state index is 2.50. The number of fused-ring (bicyclic) bond motifs is 7. The molecule has 64 heavy (non-hydrogen) atoms. The van der Waals surface area contributed by atoms with E-state index in [1.54, 1.807) is 0 Å². The molecule has 1 nitrogen and oxygen atoms in total. The Morgan fingerprint density at radius 2 is 0.750 bits per heavy atom. The zero-order valence-corrected chi connectivity index (χ0v) is 36.7. The molecule has 0 heterocycles. The van der Waals surface area contributed by atoms with Crippen molar-refractivity contribution in [1.29, 1.82) is 0 Å². The van der Waals surface area contributed by atoms with E-state index in [1.165, 1.54) is 121 Å². The summed E-state index contributed by atoms with van der Waals surface area (Å²) in [5, 5.41) is 10.1. The molecule has 0 aliphatic heterocycles. The van der Waals surface area contributed by atoms with Crippen molar-refractivity contribution in [3.05, 3.63) is 235 Å². The van der Waals surface area contributed by atoms with Gasteiger partial charge in [0.1, 0.15) is 0 Å². The summed E-state index contributed by atoms with van der Waals surface area (Å²) in [6.07, 6.45) is 0. The molecule has 0 fully saturated rings. The van der Waals surface area contributed by atoms with E-state index in [2.05, 4.69) is 245 Å². The first-order valence-corrected chi connectivity index (χ1v) is 22.5. The van der Waals surface area contributed by atoms with Gasteiger partial charge in [0.15, 0.2) is 0 Å². The number of aryl methyl sites for hydroxylation is 2. The largest absolute Gasteiger partial charge is 0.309 e. The van der Waals surface area contributed by atoms with Gasteiger partial charge in [0.25, 0.3) is 0 Å². The molecule has 0 saturated carbocycles. The second kappa shape index (κ2) is 14.7. The summed E-state index contributed by atoms with van der Waals surface area (Å²) in [6, 6.07) is 79.1. The van der Waals surface area contributed by atoms with Gasteiger partial charge in [-0.1, -0.05) is 196 Å². The quantitative estimate of drug-likeness (QED) is 0.151. The smallest absolute Gasteiger partial charge is 0.0540 e. The third-order valence-electron chi connectivity index (χ3n) is 14.1. The Morgan fingerprint density at radius 3 is 1.31 bits per heavy atom. The summed E-state index contributed by atoms with van der Waals surface area (Å²) in [4.78, 5) is 2.50. The molecule has 11 aromatic rings. The first-order chi connectivity index (χ1) is 31.4. The molecule has 1 aliphatic carbocycles. The van der Waals surface area contributed by atoms with Gasteiger partial charge < -0.3 is 4.90 Å². The first kappa shape index (κ1) is 38.0. The molecule has 0 N–H and O–H groups in total. The molecule has 304 valence electrons. The SMILES string of the molecule is Cc1ccc(N(c2ccc3c(c2)C(C)(C)c2cc(-c4c5ccccc5c(-c5ccccc5-c5ccccc5)c5ccccc45)ccc2-3)c2ccc(C)c3ccccc23)c2ccccc12. The number of hydrogen-bond donors (Lipinski definition) is 0. The van der Waals surface area contributed by atoms with Crippen LogP contribution in [0, 0.1) is 13.8 Å². The molecule has 0 atom stereocenters. The van der Waals surface area contributed by atoms with Gasteiger partial charge in [-0.3, -0.25) is 0 Å². The lowest BCUT2D eigenvalue weighted by molar-refractivity contribution is 0.660. The van der Waals surface area contributed by atoms with Crippen molar-refractivity contribution in [3.63, 3.8) is 0 Å². The van der Waals surface area contributed by atoms with Crippen LogP contribution >= 0.6 is 0 Å². The highest BCUT2D eigenvalue weighted by Gasteiger charge is 2.37. The van der Waals surface area contributed by atoms with Gasteiger partial charge in [0.05, 0.1) is 11.4 Å². The molecule has 0 saturated heterocycles. The zero-order chi connectivity index (χ0) is 43.1. The van der Waals surface area contributed by atoms with E-state index in [9.17, 15) is 0 Å². The topological polar surface area (TPSA) is 3.24 Å². The predicted molar refractivity (Wildman–Crippen MR) is 274 cm³/mol. The third kappa shape index (κ3) is 5.77. The average molecular weight is 818 g/mol. The van der Waals surface area contributed by atoms with Crippen LogP contribution in [0.3, 0.4) is 0 Å². The predicted octanol–water partition coefficient (Wildman–Crippen LogP) is 17.7. The van der Waals surface area contributed by atoms with Crippen molar-refractivity contribution in [1.82, 2.24) is 0 Å². The van der Waals surface area contributed by atoms with Gasteiger partial charge >= 0.3 is 0 Å². The van der Waals surface area contributed by atoms with E-state index in [4.69, 9.17) is 0 Å². The van der Waals surface area contributed by atoms with Gasteiger partial charge in [-0.15, -0.1) is 0 Å². The zero-order valence-electron chi connectivity index (χ0n) is 36.7. The van der Waals surface area contributed by atoms with Crippen LogP contribution < -0.4 is 4.90 Å². The minimum atomic E-state index is -0.257. The molecule has 0 bridgehead atoms. The van der Waals surface area contributed by atoms with Crippen LogP contribution in [0.4, 0.5) is 17.1 Å². The Bertz CT molecular complexity index is 3520. The summed E-state index contributed by atoms with van der Waals surface area (Å²) in [5.41, 5.74) is 18.7. The summed E-state index contributed by atoms with van der Waals surface area (Å²) >= 11 is 0. The van der Waals surface area contributed by atoms with Gasteiger partial charge in [-0.05, 0) is 143 Å². The monoisotopic (exact) mass is 817 g/mol. The standard InChI is InChI=1S/C63H47N/c1-40-30-36-59(50-23-11-8-20-45(40)50)64(60-37-31-41(2)46-21-9-12-24-51(46)60)44-33-35-49-48-34-32-43(38-57(48)63(3,4)58(49)39-44)61-53-26-14-16-28-55(53)62(56-29-17-15-27-54(56)61)52-25-13-10-22-47(52)42-18-6-5-7-19-42/h5-39H,1-4H3. The minimum absolute atomic E-state index is 0.257. The lowest BCUT2D eigenvalue weighted by Gasteiger charge is -2.30. The van der Waals surface area contributed by atoms with E-state index in [0.717, 1.165) is 5.69 Å². The molecular weight excluding hydrogens is 771 g/mol. The third-order valence-corrected chi connectivity index (χ3v) is 14.1. The van der Waals surface area contributed by atoms with Gasteiger partial charge in [0.2, 0.25) is 0 Å². The van der Waals surface area contributed by atoms with Crippen molar-refractivity contribution >= 4 is 60.2 Å². The van der Waals surface area contributed by atoms with E-state index in [1.807, 2.05) is 0 Å². The van der Waals surface area contributed by atoms with E-state index >= 15 is 0 Å². The number of benzene rings is 11. The van der Waals surface area contributed by atoms with Crippen LogP contribution in [0.25, 0.3) is 87.6 Å². The second-order valence-corrected chi connectivity index (χ2v) is 18.1. The number of rotatable bonds is 6. The number of anilines is 3. The molecule has 11 aromatic carbocycles. The van der Waals surface area contributed by atoms with Crippen molar-refractivity contribution in [2.75, 3.05) is 4.90 Å². The van der Waals surface area contributed by atoms with Crippen LogP contribution in [0.15, 0.2) is 212 Å². The van der Waals surface area contributed by atoms with Crippen LogP contribution in [0.2, 0.25) is 0 Å². The van der Waals surface area contributed by atoms with Crippen LogP contribution in [-0.2, 0) is 5.41 Å². The fourth-order valence-electron chi connectivity index (χ4n) is 11.0. The summed E-state index contributed by atoms with van der Waals surface area (Å²) < 4.78 is 0. The lowest BCUT2D eigenvalue weighted by Crippen LogP contribution is -2.17. The highest BCUT2D eigenvalue weighted by molar-refractivity contribution is 6.22. The molecule has 0 spiro atoms. The fraction of sp³-hybridized carbons (Fsp3) is 0.0794. The number of nitrogens with zero attached hydrogens (tertiary/aromatic N) is 1. The summed E-state index contributed by atoms with van der Waals surface area (Å²) in [7, 11) is 0. The van der Waals surface area contributed by atoms with Crippen molar-refractivity contribution in [2.45, 2.75) is 33.1 Å². The van der Waals surface area contributed by atoms with Crippen LogP contribution in [0.5, 0.6) is 0 Å². The van der Waals surface area contributed by atoms with Crippen LogP contribution in [-0.4, -0.2) is 0 Å². The van der Waals surface area contributed by atoms with E-state index in [-0.39, 0.29) is 5.41 Å². The van der Waals surface area contributed by atoms with Crippen LogP contribution in [0.1, 0.15) is 36.1 Å². The Balaban J connectivity index is 1.04. The maximum atomic E-state index is 2.50. The van der Waals surface area contributed by atoms with Crippen molar-refractivity contribution in [2.24, 2.45) is 0 Å². The first-order valence-electron chi connectivity index (χ1n) is 22.5. The lowest BCUT2D eigenvalue weighted by atomic mass is 9.80. The molecular formula is C63H47N. The Hall–Kier alpha value is -7.74. The fourth-order valence-corrected chi connectivity index (χ4v) is 11.0. The molecule has 1 aliphatic rings. The highest BCUT2D eigenvalue weighted by Crippen LogP contribution is 2.54. The minimum Gasteiger partial charge on any atom is -0.309 e. The van der Waals surface area contributed by atoms with Crippen molar-refractivity contribution in [3.8, 4) is 44.5 Å². The molecule has 0 unspecified atom stereocenters. The molecule has 0 amide bonds. The maximum Gasteiger partial charge on any atom is 0.0540 e. The van der Waals surface area contributed by atoms with Gasteiger partial charge in [-0.2, -0.15) is 0 Å². The number of hydrogen-bond acceptors (Lipinski definition) is 1. The van der Waals surface area contributed by atoms with Gasteiger partial charge in [-0.25, -0.2) is 0 Å². The second-order valence-electron chi connectivity index (χ2n) is 18.1. The Morgan fingerprint density at radius 1 is 0.312 bits per heavy atom. The Labute approximate surface area is 375 Å². The summed E-state index contributed by atoms with van der Waals surface area (Å²) in [6.45, 7) is 9.26. The van der Waals surface area contributed by atoms with Gasteiger partial charge in [0, 0.05) is 21.9 Å².